The maximum Gasteiger partial charge on any atom is 0.326 e. The Balaban J connectivity index is 1.89. The lowest BCUT2D eigenvalue weighted by Gasteiger charge is -2.38. The van der Waals surface area contributed by atoms with Crippen LogP contribution in [0, 0.1) is 11.7 Å². The predicted molar refractivity (Wildman–Crippen MR) is 119 cm³/mol. The van der Waals surface area contributed by atoms with Crippen molar-refractivity contribution in [3.63, 3.8) is 0 Å². The number of amides is 3. The fourth-order valence-electron chi connectivity index (χ4n) is 4.01. The van der Waals surface area contributed by atoms with Crippen molar-refractivity contribution in [2.24, 2.45) is 5.92 Å². The number of carbonyl (C=O) groups excluding carboxylic acids is 2. The van der Waals surface area contributed by atoms with Gasteiger partial charge in [0.25, 0.3) is 0 Å². The van der Waals surface area contributed by atoms with E-state index < -0.39 is 33.4 Å². The molecule has 0 aromatic heterocycles. The van der Waals surface area contributed by atoms with Gasteiger partial charge in [-0.1, -0.05) is 25.8 Å². The fraction of sp³-hybridized carbons (Fsp3) is 0.636. The Morgan fingerprint density at radius 1 is 1.27 bits per heavy atom. The third-order valence-electron chi connectivity index (χ3n) is 6.01. The van der Waals surface area contributed by atoms with Crippen LogP contribution in [0.2, 0.25) is 0 Å². The molecule has 3 rings (SSSR count). The molecule has 0 spiro atoms. The Kier molecular flexibility index (Phi) is 8.30. The molecule has 0 bridgehead atoms. The second-order valence-electron chi connectivity index (χ2n) is 8.65. The van der Waals surface area contributed by atoms with E-state index >= 15 is 0 Å². The Bertz CT molecular complexity index is 967. The van der Waals surface area contributed by atoms with Crippen LogP contribution in [-0.4, -0.2) is 57.4 Å². The van der Waals surface area contributed by atoms with Gasteiger partial charge in [0.2, 0.25) is 15.9 Å². The average molecular weight is 486 g/mol. The standard InChI is InChI=1S/C22H32FN3O6S/c1-3-4-5-12-33(29,30)25-22(2,26-14-20(27)24-21(26)28)17-6-7-18(23)19(13-17)32-15-16-8-10-31-11-9-16/h6-7,13,16,25H,3-5,8-12,14-15H2,1-2H3,(H,24,27,28)/t22-/m0/s1. The zero-order valence-electron chi connectivity index (χ0n) is 19.1. The van der Waals surface area contributed by atoms with Gasteiger partial charge in [0.15, 0.2) is 11.6 Å². The summed E-state index contributed by atoms with van der Waals surface area (Å²) in [5, 5.41) is 2.17. The SMILES string of the molecule is CCCCCS(=O)(=O)N[C@](C)(c1ccc(F)c(OCC2CCOCC2)c1)N1CC(=O)NC1=O. The molecule has 2 N–H and O–H groups in total. The molecular formula is C22H32FN3O6S. The van der Waals surface area contributed by atoms with Gasteiger partial charge in [-0.15, -0.1) is 0 Å². The van der Waals surface area contributed by atoms with Crippen molar-refractivity contribution in [2.75, 3.05) is 32.1 Å². The van der Waals surface area contributed by atoms with E-state index in [0.29, 0.717) is 26.2 Å². The number of sulfonamides is 1. The minimum absolute atomic E-state index is 0.0404. The van der Waals surface area contributed by atoms with Crippen molar-refractivity contribution in [1.82, 2.24) is 14.9 Å². The van der Waals surface area contributed by atoms with Crippen LogP contribution in [0.25, 0.3) is 0 Å². The highest BCUT2D eigenvalue weighted by Crippen LogP contribution is 2.32. The number of ether oxygens (including phenoxy) is 2. The van der Waals surface area contributed by atoms with E-state index in [-0.39, 0.29) is 29.5 Å². The minimum atomic E-state index is -3.82. The fourth-order valence-corrected chi connectivity index (χ4v) is 5.53. The van der Waals surface area contributed by atoms with Crippen molar-refractivity contribution in [1.29, 1.82) is 0 Å². The summed E-state index contributed by atoms with van der Waals surface area (Å²) in [6.45, 7) is 4.68. The van der Waals surface area contributed by atoms with Gasteiger partial charge in [0.05, 0.1) is 12.4 Å². The van der Waals surface area contributed by atoms with Gasteiger partial charge in [-0.2, -0.15) is 4.72 Å². The second kappa shape index (κ2) is 10.8. The van der Waals surface area contributed by atoms with Crippen molar-refractivity contribution >= 4 is 22.0 Å². The molecule has 2 saturated heterocycles. The zero-order chi connectivity index (χ0) is 24.1. The number of halogens is 1. The highest BCUT2D eigenvalue weighted by molar-refractivity contribution is 7.89. The number of hydrogen-bond acceptors (Lipinski definition) is 6. The second-order valence-corrected chi connectivity index (χ2v) is 10.5. The quantitative estimate of drug-likeness (QED) is 0.368. The Morgan fingerprint density at radius 3 is 2.64 bits per heavy atom. The molecule has 1 atom stereocenters. The number of urea groups is 1. The molecule has 0 saturated carbocycles. The molecule has 2 aliphatic rings. The topological polar surface area (TPSA) is 114 Å². The number of carbonyl (C=O) groups is 2. The molecule has 1 aromatic carbocycles. The molecule has 2 fully saturated rings. The molecule has 0 aliphatic carbocycles. The molecule has 0 unspecified atom stereocenters. The Labute approximate surface area is 194 Å². The molecule has 9 nitrogen and oxygen atoms in total. The number of nitrogens with one attached hydrogen (secondary N) is 2. The summed E-state index contributed by atoms with van der Waals surface area (Å²) in [7, 11) is -3.82. The van der Waals surface area contributed by atoms with E-state index in [2.05, 4.69) is 10.0 Å². The maximum absolute atomic E-state index is 14.5. The third-order valence-corrected chi connectivity index (χ3v) is 7.55. The summed E-state index contributed by atoms with van der Waals surface area (Å²) < 4.78 is 53.9. The number of unbranched alkanes of at least 4 members (excludes halogenated alkanes) is 2. The summed E-state index contributed by atoms with van der Waals surface area (Å²) in [5.41, 5.74) is -1.33. The zero-order valence-corrected chi connectivity index (χ0v) is 19.9. The number of benzene rings is 1. The smallest absolute Gasteiger partial charge is 0.326 e. The van der Waals surface area contributed by atoms with Gasteiger partial charge in [-0.3, -0.25) is 15.0 Å². The first-order chi connectivity index (χ1) is 15.6. The van der Waals surface area contributed by atoms with Gasteiger partial charge in [0, 0.05) is 13.2 Å². The summed E-state index contributed by atoms with van der Waals surface area (Å²) in [4.78, 5) is 25.4. The van der Waals surface area contributed by atoms with E-state index in [0.717, 1.165) is 30.6 Å². The van der Waals surface area contributed by atoms with Crippen LogP contribution in [-0.2, 0) is 25.2 Å². The largest absolute Gasteiger partial charge is 0.490 e. The van der Waals surface area contributed by atoms with Crippen LogP contribution >= 0.6 is 0 Å². The molecule has 3 amide bonds. The van der Waals surface area contributed by atoms with E-state index in [1.807, 2.05) is 6.92 Å². The first-order valence-corrected chi connectivity index (χ1v) is 12.9. The normalized spacial score (nSPS) is 19.4. The van der Waals surface area contributed by atoms with E-state index in [1.165, 1.54) is 25.1 Å². The maximum atomic E-state index is 14.5. The van der Waals surface area contributed by atoms with Gasteiger partial charge in [-0.25, -0.2) is 17.6 Å². The van der Waals surface area contributed by atoms with Crippen molar-refractivity contribution in [2.45, 2.75) is 51.6 Å². The van der Waals surface area contributed by atoms with Gasteiger partial charge < -0.3 is 9.47 Å². The highest BCUT2D eigenvalue weighted by atomic mass is 32.2. The molecule has 2 aliphatic heterocycles. The minimum Gasteiger partial charge on any atom is -0.490 e. The first kappa shape index (κ1) is 25.4. The molecular weight excluding hydrogens is 453 g/mol. The van der Waals surface area contributed by atoms with Gasteiger partial charge in [0.1, 0.15) is 12.2 Å². The monoisotopic (exact) mass is 485 g/mol. The number of hydrogen-bond donors (Lipinski definition) is 2. The van der Waals surface area contributed by atoms with E-state index in [9.17, 15) is 22.4 Å². The lowest BCUT2D eigenvalue weighted by atomic mass is 9.99. The molecule has 1 aromatic rings. The van der Waals surface area contributed by atoms with Crippen LogP contribution in [0.1, 0.15) is 51.5 Å². The van der Waals surface area contributed by atoms with Crippen molar-refractivity contribution < 1.29 is 31.9 Å². The van der Waals surface area contributed by atoms with Crippen LogP contribution in [0.15, 0.2) is 18.2 Å². The summed E-state index contributed by atoms with van der Waals surface area (Å²) in [6, 6.07) is 3.22. The predicted octanol–water partition coefficient (Wildman–Crippen LogP) is 2.47. The lowest BCUT2D eigenvalue weighted by molar-refractivity contribution is -0.119. The number of rotatable bonds is 11. The van der Waals surface area contributed by atoms with E-state index in [4.69, 9.17) is 9.47 Å². The van der Waals surface area contributed by atoms with Crippen LogP contribution in [0.4, 0.5) is 9.18 Å². The van der Waals surface area contributed by atoms with Crippen LogP contribution in [0.3, 0.4) is 0 Å². The lowest BCUT2D eigenvalue weighted by Crippen LogP contribution is -2.57. The number of nitrogens with zero attached hydrogens (tertiary/aromatic N) is 1. The Morgan fingerprint density at radius 2 is 2.00 bits per heavy atom. The molecule has 11 heteroatoms. The Hall–Kier alpha value is -2.24. The molecule has 0 radical (unpaired) electrons. The average Bonchev–Trinajstić information content (AvgIpc) is 3.12. The molecule has 33 heavy (non-hydrogen) atoms. The van der Waals surface area contributed by atoms with Crippen LogP contribution in [0.5, 0.6) is 5.75 Å². The van der Waals surface area contributed by atoms with Crippen LogP contribution < -0.4 is 14.8 Å². The van der Waals surface area contributed by atoms with Gasteiger partial charge in [-0.05, 0) is 49.8 Å². The summed E-state index contributed by atoms with van der Waals surface area (Å²) in [5.74, 6) is -1.09. The third kappa shape index (κ3) is 6.42. The highest BCUT2D eigenvalue weighted by Gasteiger charge is 2.45. The summed E-state index contributed by atoms with van der Waals surface area (Å²) >= 11 is 0. The molecule has 2 heterocycles. The van der Waals surface area contributed by atoms with E-state index in [1.54, 1.807) is 0 Å². The number of imide groups is 1. The van der Waals surface area contributed by atoms with Crippen molar-refractivity contribution in [3.05, 3.63) is 29.6 Å². The van der Waals surface area contributed by atoms with Crippen molar-refractivity contribution in [3.8, 4) is 5.75 Å². The summed E-state index contributed by atoms with van der Waals surface area (Å²) in [6.07, 6.45) is 3.66. The first-order valence-electron chi connectivity index (χ1n) is 11.3. The van der Waals surface area contributed by atoms with Gasteiger partial charge >= 0.3 is 6.03 Å². The molecule has 184 valence electrons.